The second-order valence-corrected chi connectivity index (χ2v) is 3.58. The maximum atomic E-state index is 10.3. The molecule has 0 unspecified atom stereocenters. The molecule has 0 aliphatic carbocycles. The molecule has 0 atom stereocenters. The highest BCUT2D eigenvalue weighted by atomic mass is 35.5. The lowest BCUT2D eigenvalue weighted by Gasteiger charge is -2.04. The minimum absolute atomic E-state index is 0.123. The first-order chi connectivity index (χ1) is 7.65. The first kappa shape index (κ1) is 12.6. The van der Waals surface area contributed by atoms with Crippen LogP contribution in [0.5, 0.6) is 5.75 Å². The molecule has 0 saturated heterocycles. The van der Waals surface area contributed by atoms with E-state index in [1.54, 1.807) is 25.3 Å². The number of allylic oxidation sites excluding steroid dienone is 1. The molecule has 0 saturated carbocycles. The third-order valence-electron chi connectivity index (χ3n) is 2.04. The number of halogens is 1. The van der Waals surface area contributed by atoms with Crippen LogP contribution in [0.25, 0.3) is 6.08 Å². The average Bonchev–Trinajstić information content (AvgIpc) is 2.26. The summed E-state index contributed by atoms with van der Waals surface area (Å²) < 4.78 is 5.07. The average molecular weight is 241 g/mol. The SMILES string of the molecule is COc1cccc(/C=C/CCC(=O)O)c1Cl. The van der Waals surface area contributed by atoms with Gasteiger partial charge in [0.2, 0.25) is 0 Å². The van der Waals surface area contributed by atoms with E-state index in [4.69, 9.17) is 21.4 Å². The van der Waals surface area contributed by atoms with Crippen molar-refractivity contribution in [1.82, 2.24) is 0 Å². The zero-order chi connectivity index (χ0) is 12.0. The Morgan fingerprint density at radius 2 is 2.31 bits per heavy atom. The highest BCUT2D eigenvalue weighted by Crippen LogP contribution is 2.28. The Morgan fingerprint density at radius 1 is 1.56 bits per heavy atom. The lowest BCUT2D eigenvalue weighted by molar-refractivity contribution is -0.136. The van der Waals surface area contributed by atoms with Gasteiger partial charge in [0.1, 0.15) is 5.75 Å². The van der Waals surface area contributed by atoms with Gasteiger partial charge in [0.25, 0.3) is 0 Å². The second kappa shape index (κ2) is 6.18. The zero-order valence-corrected chi connectivity index (χ0v) is 9.70. The van der Waals surface area contributed by atoms with Gasteiger partial charge in [-0.15, -0.1) is 0 Å². The molecular formula is C12H13ClO3. The Morgan fingerprint density at radius 3 is 2.94 bits per heavy atom. The summed E-state index contributed by atoms with van der Waals surface area (Å²) in [7, 11) is 1.55. The molecule has 0 spiro atoms. The van der Waals surface area contributed by atoms with Crippen LogP contribution in [0, 0.1) is 0 Å². The van der Waals surface area contributed by atoms with Crippen LogP contribution < -0.4 is 4.74 Å². The van der Waals surface area contributed by atoms with Crippen LogP contribution in [0.15, 0.2) is 24.3 Å². The molecule has 0 amide bonds. The predicted octanol–water partition coefficient (Wildman–Crippen LogP) is 3.23. The first-order valence-electron chi connectivity index (χ1n) is 4.86. The number of hydrogen-bond acceptors (Lipinski definition) is 2. The van der Waals surface area contributed by atoms with Crippen molar-refractivity contribution < 1.29 is 14.6 Å². The lowest BCUT2D eigenvalue weighted by Crippen LogP contribution is -1.91. The fourth-order valence-electron chi connectivity index (χ4n) is 1.23. The van der Waals surface area contributed by atoms with E-state index in [1.807, 2.05) is 12.1 Å². The quantitative estimate of drug-likeness (QED) is 0.860. The van der Waals surface area contributed by atoms with Crippen molar-refractivity contribution in [2.24, 2.45) is 0 Å². The van der Waals surface area contributed by atoms with Gasteiger partial charge in [-0.3, -0.25) is 4.79 Å². The highest BCUT2D eigenvalue weighted by Gasteiger charge is 2.02. The molecule has 0 fully saturated rings. The minimum atomic E-state index is -0.804. The molecular weight excluding hydrogens is 228 g/mol. The summed E-state index contributed by atoms with van der Waals surface area (Å²) in [5, 5.41) is 9.01. The number of carboxylic acid groups (broad SMARTS) is 1. The van der Waals surface area contributed by atoms with Crippen LogP contribution in [0.4, 0.5) is 0 Å². The largest absolute Gasteiger partial charge is 0.495 e. The van der Waals surface area contributed by atoms with Crippen LogP contribution in [0.3, 0.4) is 0 Å². The van der Waals surface area contributed by atoms with Crippen LogP contribution >= 0.6 is 11.6 Å². The minimum Gasteiger partial charge on any atom is -0.495 e. The van der Waals surface area contributed by atoms with E-state index in [9.17, 15) is 4.79 Å². The van der Waals surface area contributed by atoms with Gasteiger partial charge in [-0.05, 0) is 18.1 Å². The Labute approximate surface area is 99.3 Å². The van der Waals surface area contributed by atoms with Crippen molar-refractivity contribution in [2.75, 3.05) is 7.11 Å². The Hall–Kier alpha value is -1.48. The molecule has 16 heavy (non-hydrogen) atoms. The van der Waals surface area contributed by atoms with Gasteiger partial charge in [0, 0.05) is 6.42 Å². The van der Waals surface area contributed by atoms with Crippen LogP contribution in [0.2, 0.25) is 5.02 Å². The zero-order valence-electron chi connectivity index (χ0n) is 8.94. The van der Waals surface area contributed by atoms with Crippen molar-refractivity contribution in [1.29, 1.82) is 0 Å². The maximum Gasteiger partial charge on any atom is 0.303 e. The van der Waals surface area contributed by atoms with Crippen molar-refractivity contribution in [2.45, 2.75) is 12.8 Å². The molecule has 86 valence electrons. The Balaban J connectivity index is 2.70. The van der Waals surface area contributed by atoms with Gasteiger partial charge >= 0.3 is 5.97 Å². The second-order valence-electron chi connectivity index (χ2n) is 3.20. The number of aliphatic carboxylic acids is 1. The molecule has 0 aliphatic rings. The van der Waals surface area contributed by atoms with Crippen molar-refractivity contribution in [3.8, 4) is 5.75 Å². The molecule has 3 nitrogen and oxygen atoms in total. The molecule has 1 aromatic rings. The fourth-order valence-corrected chi connectivity index (χ4v) is 1.50. The van der Waals surface area contributed by atoms with E-state index in [0.29, 0.717) is 17.2 Å². The molecule has 0 radical (unpaired) electrons. The summed E-state index contributed by atoms with van der Waals surface area (Å²) in [4.78, 5) is 10.3. The van der Waals surface area contributed by atoms with Crippen LogP contribution in [-0.4, -0.2) is 18.2 Å². The normalized spacial score (nSPS) is 10.6. The number of benzene rings is 1. The number of ether oxygens (including phenoxy) is 1. The molecule has 1 aromatic carbocycles. The molecule has 1 rings (SSSR count). The summed E-state index contributed by atoms with van der Waals surface area (Å²) in [6.07, 6.45) is 4.20. The van der Waals surface area contributed by atoms with Crippen molar-refractivity contribution in [3.05, 3.63) is 34.9 Å². The van der Waals surface area contributed by atoms with E-state index in [2.05, 4.69) is 0 Å². The highest BCUT2D eigenvalue weighted by molar-refractivity contribution is 6.33. The number of rotatable bonds is 5. The van der Waals surface area contributed by atoms with Crippen molar-refractivity contribution in [3.63, 3.8) is 0 Å². The van der Waals surface area contributed by atoms with E-state index < -0.39 is 5.97 Å². The van der Waals surface area contributed by atoms with Crippen LogP contribution in [0.1, 0.15) is 18.4 Å². The topological polar surface area (TPSA) is 46.5 Å². The maximum absolute atomic E-state index is 10.3. The van der Waals surface area contributed by atoms with E-state index in [1.165, 1.54) is 0 Å². The summed E-state index contributed by atoms with van der Waals surface area (Å²) in [6.45, 7) is 0. The number of methoxy groups -OCH3 is 1. The number of carboxylic acids is 1. The van der Waals surface area contributed by atoms with Gasteiger partial charge < -0.3 is 9.84 Å². The third-order valence-corrected chi connectivity index (χ3v) is 2.44. The molecule has 4 heteroatoms. The number of hydrogen-bond donors (Lipinski definition) is 1. The van der Waals surface area contributed by atoms with E-state index >= 15 is 0 Å². The molecule has 0 heterocycles. The monoisotopic (exact) mass is 240 g/mol. The fraction of sp³-hybridized carbons (Fsp3) is 0.250. The van der Waals surface area contributed by atoms with Crippen LogP contribution in [-0.2, 0) is 4.79 Å². The third kappa shape index (κ3) is 3.59. The van der Waals surface area contributed by atoms with Crippen molar-refractivity contribution >= 4 is 23.6 Å². The first-order valence-corrected chi connectivity index (χ1v) is 5.23. The molecule has 0 bridgehead atoms. The number of carbonyl (C=O) groups is 1. The van der Waals surface area contributed by atoms with Gasteiger partial charge in [-0.25, -0.2) is 0 Å². The smallest absolute Gasteiger partial charge is 0.303 e. The summed E-state index contributed by atoms with van der Waals surface area (Å²) >= 11 is 6.06. The van der Waals surface area contributed by atoms with Gasteiger partial charge in [0.05, 0.1) is 12.1 Å². The summed E-state index contributed by atoms with van der Waals surface area (Å²) in [5.74, 6) is -0.191. The van der Waals surface area contributed by atoms with E-state index in [0.717, 1.165) is 5.56 Å². The molecule has 0 aromatic heterocycles. The van der Waals surface area contributed by atoms with Gasteiger partial charge in [-0.1, -0.05) is 35.9 Å². The van der Waals surface area contributed by atoms with Gasteiger partial charge in [-0.2, -0.15) is 0 Å². The lowest BCUT2D eigenvalue weighted by atomic mass is 10.1. The van der Waals surface area contributed by atoms with Gasteiger partial charge in [0.15, 0.2) is 0 Å². The summed E-state index contributed by atoms with van der Waals surface area (Å²) in [6, 6.07) is 5.46. The Bertz CT molecular complexity index is 399. The predicted molar refractivity (Wildman–Crippen MR) is 63.9 cm³/mol. The molecule has 1 N–H and O–H groups in total. The Kier molecular flexibility index (Phi) is 4.86. The summed E-state index contributed by atoms with van der Waals surface area (Å²) in [5.41, 5.74) is 0.825. The van der Waals surface area contributed by atoms with E-state index in [-0.39, 0.29) is 6.42 Å². The standard InChI is InChI=1S/C12H13ClO3/c1-16-10-7-4-6-9(12(10)13)5-2-3-8-11(14)15/h2,4-7H,3,8H2,1H3,(H,14,15)/b5-2+. The molecule has 0 aliphatic heterocycles.